The number of halogens is 1. The zero-order valence-corrected chi connectivity index (χ0v) is 13.2. The van der Waals surface area contributed by atoms with Crippen molar-refractivity contribution in [1.29, 1.82) is 0 Å². The van der Waals surface area contributed by atoms with E-state index in [1.54, 1.807) is 24.3 Å². The third-order valence-corrected chi connectivity index (χ3v) is 3.27. The number of carbonyl (C=O) groups is 1. The smallest absolute Gasteiger partial charge is 0.251 e. The van der Waals surface area contributed by atoms with Crippen molar-refractivity contribution < 1.29 is 14.3 Å². The van der Waals surface area contributed by atoms with E-state index in [9.17, 15) is 14.3 Å². The van der Waals surface area contributed by atoms with Crippen LogP contribution in [0.15, 0.2) is 48.5 Å². The van der Waals surface area contributed by atoms with Gasteiger partial charge in [0.25, 0.3) is 5.91 Å². The molecule has 0 aliphatic carbocycles. The zero-order chi connectivity index (χ0) is 16.8. The molecule has 0 aliphatic heterocycles. The van der Waals surface area contributed by atoms with E-state index in [0.29, 0.717) is 11.1 Å². The topological polar surface area (TPSA) is 61.4 Å². The first kappa shape index (κ1) is 17.0. The molecule has 0 unspecified atom stereocenters. The Labute approximate surface area is 135 Å². The fourth-order valence-electron chi connectivity index (χ4n) is 2.21. The molecule has 0 aromatic heterocycles. The molecule has 2 rings (SSSR count). The molecule has 0 saturated carbocycles. The number of aliphatic hydroxyl groups is 1. The van der Waals surface area contributed by atoms with Crippen molar-refractivity contribution in [2.24, 2.45) is 0 Å². The van der Waals surface area contributed by atoms with Gasteiger partial charge in [0.15, 0.2) is 0 Å². The van der Waals surface area contributed by atoms with Crippen LogP contribution in [0.25, 0.3) is 0 Å². The van der Waals surface area contributed by atoms with Crippen molar-refractivity contribution in [3.8, 4) is 0 Å². The SMILES string of the molecule is CC(C)Nc1cccc(C(=O)NC[C@H](O)c2cccc(F)c2)c1. The summed E-state index contributed by atoms with van der Waals surface area (Å²) in [5.41, 5.74) is 1.79. The van der Waals surface area contributed by atoms with E-state index in [-0.39, 0.29) is 18.5 Å². The Hall–Kier alpha value is -2.40. The second-order valence-corrected chi connectivity index (χ2v) is 5.66. The van der Waals surface area contributed by atoms with Crippen molar-refractivity contribution >= 4 is 11.6 Å². The first-order valence-electron chi connectivity index (χ1n) is 7.54. The van der Waals surface area contributed by atoms with Crippen molar-refractivity contribution in [3.63, 3.8) is 0 Å². The minimum absolute atomic E-state index is 0.0180. The maximum atomic E-state index is 13.1. The summed E-state index contributed by atoms with van der Waals surface area (Å²) in [6, 6.07) is 13.1. The Kier molecular flexibility index (Phi) is 5.71. The summed E-state index contributed by atoms with van der Waals surface area (Å²) in [7, 11) is 0. The van der Waals surface area contributed by atoms with Gasteiger partial charge in [-0.3, -0.25) is 4.79 Å². The van der Waals surface area contributed by atoms with Gasteiger partial charge in [0.05, 0.1) is 6.10 Å². The summed E-state index contributed by atoms with van der Waals surface area (Å²) in [5.74, 6) is -0.701. The number of carbonyl (C=O) groups excluding carboxylic acids is 1. The molecule has 1 atom stereocenters. The average molecular weight is 316 g/mol. The highest BCUT2D eigenvalue weighted by Gasteiger charge is 2.12. The van der Waals surface area contributed by atoms with Gasteiger partial charge in [0, 0.05) is 23.8 Å². The predicted molar refractivity (Wildman–Crippen MR) is 88.9 cm³/mol. The second kappa shape index (κ2) is 7.74. The van der Waals surface area contributed by atoms with Gasteiger partial charge < -0.3 is 15.7 Å². The van der Waals surface area contributed by atoms with E-state index in [2.05, 4.69) is 10.6 Å². The molecule has 0 heterocycles. The van der Waals surface area contributed by atoms with Crippen LogP contribution in [0.4, 0.5) is 10.1 Å². The van der Waals surface area contributed by atoms with Crippen LogP contribution in [0, 0.1) is 5.82 Å². The molecule has 4 nitrogen and oxygen atoms in total. The Morgan fingerprint density at radius 3 is 2.61 bits per heavy atom. The van der Waals surface area contributed by atoms with Gasteiger partial charge in [0.1, 0.15) is 5.82 Å². The van der Waals surface area contributed by atoms with Crippen molar-refractivity contribution in [2.45, 2.75) is 26.0 Å². The van der Waals surface area contributed by atoms with Crippen LogP contribution in [0.1, 0.15) is 35.9 Å². The summed E-state index contributed by atoms with van der Waals surface area (Å²) >= 11 is 0. The molecule has 0 spiro atoms. The lowest BCUT2D eigenvalue weighted by Crippen LogP contribution is -2.28. The maximum Gasteiger partial charge on any atom is 0.251 e. The molecule has 122 valence electrons. The number of aliphatic hydroxyl groups excluding tert-OH is 1. The van der Waals surface area contributed by atoms with Crippen molar-refractivity contribution in [3.05, 3.63) is 65.5 Å². The van der Waals surface area contributed by atoms with Gasteiger partial charge in [-0.05, 0) is 49.7 Å². The third-order valence-electron chi connectivity index (χ3n) is 3.27. The minimum Gasteiger partial charge on any atom is -0.387 e. The molecule has 0 bridgehead atoms. The summed E-state index contributed by atoms with van der Waals surface area (Å²) in [5, 5.41) is 15.9. The van der Waals surface area contributed by atoms with Gasteiger partial charge in [-0.2, -0.15) is 0 Å². The van der Waals surface area contributed by atoms with Gasteiger partial charge in [-0.1, -0.05) is 18.2 Å². The summed E-state index contributed by atoms with van der Waals surface area (Å²) in [4.78, 5) is 12.2. The number of nitrogens with one attached hydrogen (secondary N) is 2. The molecule has 0 saturated heterocycles. The van der Waals surface area contributed by atoms with Crippen LogP contribution < -0.4 is 10.6 Å². The Balaban J connectivity index is 1.96. The summed E-state index contributed by atoms with van der Waals surface area (Å²) in [6.07, 6.45) is -0.952. The van der Waals surface area contributed by atoms with Crippen LogP contribution >= 0.6 is 0 Å². The fourth-order valence-corrected chi connectivity index (χ4v) is 2.21. The quantitative estimate of drug-likeness (QED) is 0.767. The number of amides is 1. The van der Waals surface area contributed by atoms with Gasteiger partial charge in [0.2, 0.25) is 0 Å². The Bertz CT molecular complexity index is 674. The van der Waals surface area contributed by atoms with Gasteiger partial charge >= 0.3 is 0 Å². The molecule has 0 fully saturated rings. The first-order chi connectivity index (χ1) is 11.0. The molecule has 1 amide bonds. The van der Waals surface area contributed by atoms with E-state index >= 15 is 0 Å². The molecule has 2 aromatic rings. The van der Waals surface area contributed by atoms with Crippen LogP contribution in [0.5, 0.6) is 0 Å². The lowest BCUT2D eigenvalue weighted by molar-refractivity contribution is 0.0916. The molecule has 5 heteroatoms. The van der Waals surface area contributed by atoms with E-state index in [4.69, 9.17) is 0 Å². The normalized spacial score (nSPS) is 12.0. The number of hydrogen-bond donors (Lipinski definition) is 3. The third kappa shape index (κ3) is 5.07. The van der Waals surface area contributed by atoms with E-state index in [0.717, 1.165) is 5.69 Å². The fraction of sp³-hybridized carbons (Fsp3) is 0.278. The summed E-state index contributed by atoms with van der Waals surface area (Å²) in [6.45, 7) is 4.05. The average Bonchev–Trinajstić information content (AvgIpc) is 2.52. The highest BCUT2D eigenvalue weighted by atomic mass is 19.1. The predicted octanol–water partition coefficient (Wildman–Crippen LogP) is 3.11. The zero-order valence-electron chi connectivity index (χ0n) is 13.2. The standard InChI is InChI=1S/C18H21FN2O2/c1-12(2)21-16-8-4-6-14(10-16)18(23)20-11-17(22)13-5-3-7-15(19)9-13/h3-10,12,17,21-22H,11H2,1-2H3,(H,20,23)/t17-/m0/s1. The first-order valence-corrected chi connectivity index (χ1v) is 7.54. The second-order valence-electron chi connectivity index (χ2n) is 5.66. The lowest BCUT2D eigenvalue weighted by Gasteiger charge is -2.14. The molecule has 2 aromatic carbocycles. The Morgan fingerprint density at radius 1 is 1.17 bits per heavy atom. The highest BCUT2D eigenvalue weighted by Crippen LogP contribution is 2.14. The van der Waals surface area contributed by atoms with Crippen LogP contribution in [-0.4, -0.2) is 23.6 Å². The molecule has 0 radical (unpaired) electrons. The largest absolute Gasteiger partial charge is 0.387 e. The van der Waals surface area contributed by atoms with E-state index < -0.39 is 11.9 Å². The van der Waals surface area contributed by atoms with Crippen LogP contribution in [0.2, 0.25) is 0 Å². The van der Waals surface area contributed by atoms with Gasteiger partial charge in [-0.15, -0.1) is 0 Å². The molecule has 3 N–H and O–H groups in total. The monoisotopic (exact) mass is 316 g/mol. The highest BCUT2D eigenvalue weighted by molar-refractivity contribution is 5.95. The van der Waals surface area contributed by atoms with Crippen LogP contribution in [-0.2, 0) is 0 Å². The minimum atomic E-state index is -0.952. The van der Waals surface area contributed by atoms with E-state index in [1.165, 1.54) is 18.2 Å². The molecular weight excluding hydrogens is 295 g/mol. The van der Waals surface area contributed by atoms with Crippen molar-refractivity contribution in [1.82, 2.24) is 5.32 Å². The molecular formula is C18H21FN2O2. The number of hydrogen-bond acceptors (Lipinski definition) is 3. The maximum absolute atomic E-state index is 13.1. The van der Waals surface area contributed by atoms with Crippen LogP contribution in [0.3, 0.4) is 0 Å². The Morgan fingerprint density at radius 2 is 1.91 bits per heavy atom. The molecule has 0 aliphatic rings. The van der Waals surface area contributed by atoms with E-state index in [1.807, 2.05) is 19.9 Å². The summed E-state index contributed by atoms with van der Waals surface area (Å²) < 4.78 is 13.1. The lowest BCUT2D eigenvalue weighted by atomic mass is 10.1. The molecule has 23 heavy (non-hydrogen) atoms. The number of benzene rings is 2. The van der Waals surface area contributed by atoms with Crippen molar-refractivity contribution in [2.75, 3.05) is 11.9 Å². The van der Waals surface area contributed by atoms with Gasteiger partial charge in [-0.25, -0.2) is 4.39 Å². The number of rotatable bonds is 6. The number of anilines is 1.